The van der Waals surface area contributed by atoms with E-state index in [1.54, 1.807) is 12.1 Å². The molecule has 6 nitrogen and oxygen atoms in total. The van der Waals surface area contributed by atoms with E-state index in [1.165, 1.54) is 21.3 Å². The summed E-state index contributed by atoms with van der Waals surface area (Å²) in [6.45, 7) is 2.24. The number of hydrogen-bond donors (Lipinski definition) is 2. The Morgan fingerprint density at radius 1 is 1.25 bits per heavy atom. The number of rotatable bonds is 6. The monoisotopic (exact) mass is 374 g/mol. The van der Waals surface area contributed by atoms with Crippen LogP contribution in [-0.4, -0.2) is 58.9 Å². The molecule has 0 unspecified atom stereocenters. The number of nitrogens with zero attached hydrogens (tertiary/aromatic N) is 1. The molecule has 1 fully saturated rings. The second kappa shape index (κ2) is 8.29. The zero-order valence-electron chi connectivity index (χ0n) is 14.1. The van der Waals surface area contributed by atoms with Gasteiger partial charge in [0.2, 0.25) is 15.9 Å². The van der Waals surface area contributed by atoms with E-state index in [0.717, 1.165) is 6.54 Å². The van der Waals surface area contributed by atoms with Gasteiger partial charge in [-0.2, -0.15) is 4.31 Å². The van der Waals surface area contributed by atoms with E-state index in [-0.39, 0.29) is 16.7 Å². The number of likely N-dealkylation sites (N-methyl/N-ethyl adjacent to an activating group) is 1. The fraction of sp³-hybridized carbons (Fsp3) is 0.562. The van der Waals surface area contributed by atoms with Crippen LogP contribution in [0.25, 0.3) is 0 Å². The Morgan fingerprint density at radius 3 is 2.38 bits per heavy atom. The number of sulfonamides is 1. The molecule has 1 aliphatic heterocycles. The summed E-state index contributed by atoms with van der Waals surface area (Å²) in [5, 5.41) is 3.44. The predicted octanol–water partition coefficient (Wildman–Crippen LogP) is 0.00140. The summed E-state index contributed by atoms with van der Waals surface area (Å²) in [7, 11) is 0.552. The van der Waals surface area contributed by atoms with Crippen LogP contribution in [0.1, 0.15) is 12.8 Å². The van der Waals surface area contributed by atoms with E-state index in [2.05, 4.69) is 5.32 Å². The molecule has 24 heavy (non-hydrogen) atoms. The molecule has 1 aromatic rings. The molecule has 134 valence electrons. The summed E-state index contributed by atoms with van der Waals surface area (Å²) in [5.74, 6) is -0.0846. The Bertz CT molecular complexity index is 654. The van der Waals surface area contributed by atoms with Crippen LogP contribution in [0.2, 0.25) is 5.02 Å². The molecule has 1 amide bonds. The SMILES string of the molecule is C[NH+](C)CCNC(=O)C1CCN(S(=O)(=O)c2ccc(Cl)cc2)CC1. The third-order valence-electron chi connectivity index (χ3n) is 4.20. The van der Waals surface area contributed by atoms with Gasteiger partial charge >= 0.3 is 0 Å². The fourth-order valence-corrected chi connectivity index (χ4v) is 4.29. The van der Waals surface area contributed by atoms with Crippen LogP contribution in [0.15, 0.2) is 29.2 Å². The molecule has 0 radical (unpaired) electrons. The van der Waals surface area contributed by atoms with Crippen molar-refractivity contribution in [2.75, 3.05) is 40.3 Å². The van der Waals surface area contributed by atoms with E-state index in [1.807, 2.05) is 14.1 Å². The van der Waals surface area contributed by atoms with E-state index in [4.69, 9.17) is 11.6 Å². The molecular formula is C16H25ClN3O3S+. The number of benzene rings is 1. The van der Waals surface area contributed by atoms with Gasteiger partial charge in [0.15, 0.2) is 0 Å². The highest BCUT2D eigenvalue weighted by Gasteiger charge is 2.31. The van der Waals surface area contributed by atoms with Crippen molar-refractivity contribution in [2.45, 2.75) is 17.7 Å². The molecule has 8 heteroatoms. The number of quaternary nitrogens is 1. The smallest absolute Gasteiger partial charge is 0.243 e. The van der Waals surface area contributed by atoms with Gasteiger partial charge in [0.1, 0.15) is 0 Å². The van der Waals surface area contributed by atoms with Crippen LogP contribution in [0, 0.1) is 5.92 Å². The molecule has 1 aromatic carbocycles. The van der Waals surface area contributed by atoms with Crippen LogP contribution in [0.3, 0.4) is 0 Å². The summed E-state index contributed by atoms with van der Waals surface area (Å²) >= 11 is 5.81. The summed E-state index contributed by atoms with van der Waals surface area (Å²) in [6.07, 6.45) is 1.10. The van der Waals surface area contributed by atoms with Gasteiger partial charge in [-0.25, -0.2) is 8.42 Å². The van der Waals surface area contributed by atoms with Gasteiger partial charge in [0.05, 0.1) is 32.1 Å². The van der Waals surface area contributed by atoms with Crippen LogP contribution in [0.5, 0.6) is 0 Å². The first-order valence-corrected chi connectivity index (χ1v) is 9.95. The van der Waals surface area contributed by atoms with Crippen LogP contribution in [-0.2, 0) is 14.8 Å². The Morgan fingerprint density at radius 2 is 1.83 bits per heavy atom. The van der Waals surface area contributed by atoms with E-state index >= 15 is 0 Å². The number of hydrogen-bond acceptors (Lipinski definition) is 3. The van der Waals surface area contributed by atoms with Gasteiger partial charge in [-0.1, -0.05) is 11.6 Å². The molecule has 2 N–H and O–H groups in total. The third-order valence-corrected chi connectivity index (χ3v) is 6.37. The highest BCUT2D eigenvalue weighted by Crippen LogP contribution is 2.24. The van der Waals surface area contributed by atoms with Gasteiger partial charge in [0.25, 0.3) is 0 Å². The van der Waals surface area contributed by atoms with Gasteiger partial charge in [-0.05, 0) is 37.1 Å². The molecule has 0 aliphatic carbocycles. The molecule has 0 aromatic heterocycles. The first kappa shape index (κ1) is 19.2. The van der Waals surface area contributed by atoms with Crippen molar-refractivity contribution in [3.63, 3.8) is 0 Å². The summed E-state index contributed by atoms with van der Waals surface area (Å²) in [6, 6.07) is 6.17. The minimum atomic E-state index is -3.52. The fourth-order valence-electron chi connectivity index (χ4n) is 2.69. The number of nitrogens with one attached hydrogen (secondary N) is 2. The molecule has 1 heterocycles. The lowest BCUT2D eigenvalue weighted by Gasteiger charge is -2.30. The Kier molecular flexibility index (Phi) is 6.62. The van der Waals surface area contributed by atoms with Crippen LogP contribution in [0.4, 0.5) is 0 Å². The number of amides is 1. The lowest BCUT2D eigenvalue weighted by molar-refractivity contribution is -0.856. The lowest BCUT2D eigenvalue weighted by Crippen LogP contribution is -3.06. The summed E-state index contributed by atoms with van der Waals surface area (Å²) in [5.41, 5.74) is 0. The maximum atomic E-state index is 12.6. The van der Waals surface area contributed by atoms with Gasteiger partial charge in [-0.15, -0.1) is 0 Å². The quantitative estimate of drug-likeness (QED) is 0.736. The lowest BCUT2D eigenvalue weighted by atomic mass is 9.97. The van der Waals surface area contributed by atoms with Crippen molar-refractivity contribution >= 4 is 27.5 Å². The van der Waals surface area contributed by atoms with Crippen molar-refractivity contribution in [3.8, 4) is 0 Å². The van der Waals surface area contributed by atoms with Crippen molar-refractivity contribution < 1.29 is 18.1 Å². The maximum Gasteiger partial charge on any atom is 0.243 e. The largest absolute Gasteiger partial charge is 0.350 e. The molecular weight excluding hydrogens is 350 g/mol. The van der Waals surface area contributed by atoms with Gasteiger partial charge in [0, 0.05) is 24.0 Å². The first-order chi connectivity index (χ1) is 11.3. The van der Waals surface area contributed by atoms with Crippen LogP contribution >= 0.6 is 11.6 Å². The molecule has 2 rings (SSSR count). The van der Waals surface area contributed by atoms with Crippen molar-refractivity contribution in [2.24, 2.45) is 5.92 Å². The number of carbonyl (C=O) groups is 1. The minimum absolute atomic E-state index is 0.0276. The second-order valence-corrected chi connectivity index (χ2v) is 8.75. The zero-order chi connectivity index (χ0) is 17.7. The maximum absolute atomic E-state index is 12.6. The Labute approximate surface area is 148 Å². The van der Waals surface area contributed by atoms with Crippen molar-refractivity contribution in [1.29, 1.82) is 0 Å². The number of piperidine rings is 1. The molecule has 0 bridgehead atoms. The third kappa shape index (κ3) is 4.92. The molecule has 0 saturated carbocycles. The van der Waals surface area contributed by atoms with Gasteiger partial charge < -0.3 is 10.2 Å². The summed E-state index contributed by atoms with van der Waals surface area (Å²) in [4.78, 5) is 13.7. The molecule has 1 saturated heterocycles. The predicted molar refractivity (Wildman–Crippen MR) is 93.6 cm³/mol. The normalized spacial score (nSPS) is 17.2. The molecule has 1 aliphatic rings. The number of halogens is 1. The van der Waals surface area contributed by atoms with Gasteiger partial charge in [-0.3, -0.25) is 4.79 Å². The zero-order valence-corrected chi connectivity index (χ0v) is 15.7. The molecule has 0 atom stereocenters. The Balaban J connectivity index is 1.90. The second-order valence-electron chi connectivity index (χ2n) is 6.38. The standard InChI is InChI=1S/C16H24ClN3O3S/c1-19(2)12-9-18-16(21)13-7-10-20(11-8-13)24(22,23)15-5-3-14(17)4-6-15/h3-6,13H,7-12H2,1-2H3,(H,18,21)/p+1. The average molecular weight is 375 g/mol. The number of carbonyl (C=O) groups excluding carboxylic acids is 1. The first-order valence-electron chi connectivity index (χ1n) is 8.13. The van der Waals surface area contributed by atoms with Crippen molar-refractivity contribution in [3.05, 3.63) is 29.3 Å². The van der Waals surface area contributed by atoms with E-state index in [9.17, 15) is 13.2 Å². The van der Waals surface area contributed by atoms with Crippen molar-refractivity contribution in [1.82, 2.24) is 9.62 Å². The topological polar surface area (TPSA) is 70.9 Å². The Hall–Kier alpha value is -1.15. The van der Waals surface area contributed by atoms with E-state index in [0.29, 0.717) is 37.5 Å². The molecule has 0 spiro atoms. The summed E-state index contributed by atoms with van der Waals surface area (Å²) < 4.78 is 26.7. The average Bonchev–Trinajstić information content (AvgIpc) is 2.55. The van der Waals surface area contributed by atoms with E-state index < -0.39 is 10.0 Å². The minimum Gasteiger partial charge on any atom is -0.350 e. The highest BCUT2D eigenvalue weighted by atomic mass is 35.5. The van der Waals surface area contributed by atoms with Crippen LogP contribution < -0.4 is 10.2 Å². The highest BCUT2D eigenvalue weighted by molar-refractivity contribution is 7.89.